The van der Waals surface area contributed by atoms with Gasteiger partial charge in [0, 0.05) is 12.0 Å². The van der Waals surface area contributed by atoms with Crippen molar-refractivity contribution in [3.8, 4) is 0 Å². The van der Waals surface area contributed by atoms with Gasteiger partial charge in [-0.25, -0.2) is 4.79 Å². The molecule has 0 saturated heterocycles. The molecule has 1 aliphatic rings. The first kappa shape index (κ1) is 13.4. The van der Waals surface area contributed by atoms with Crippen molar-refractivity contribution in [3.05, 3.63) is 0 Å². The lowest BCUT2D eigenvalue weighted by atomic mass is 9.75. The average molecular weight is 243 g/mol. The smallest absolute Gasteiger partial charge is 0.326 e. The van der Waals surface area contributed by atoms with E-state index in [1.807, 2.05) is 0 Å². The third kappa shape index (κ3) is 4.03. The number of rotatable bonds is 6. The molecule has 1 atom stereocenters. The normalized spacial score (nSPS) is 18.9. The van der Waals surface area contributed by atoms with E-state index in [4.69, 9.17) is 16.6 Å². The van der Waals surface area contributed by atoms with Crippen LogP contribution in [0, 0.1) is 0 Å². The van der Waals surface area contributed by atoms with Crippen LogP contribution in [0.15, 0.2) is 0 Å². The molecule has 0 unspecified atom stereocenters. The van der Waals surface area contributed by atoms with Gasteiger partial charge in [0.2, 0.25) is 11.8 Å². The first-order chi connectivity index (χ1) is 7.82. The van der Waals surface area contributed by atoms with Crippen LogP contribution in [0.4, 0.5) is 0 Å². The molecule has 6 N–H and O–H groups in total. The van der Waals surface area contributed by atoms with E-state index >= 15 is 0 Å². The summed E-state index contributed by atoms with van der Waals surface area (Å²) in [5, 5.41) is 11.0. The predicted octanol–water partition coefficient (Wildman–Crippen LogP) is -1.30. The molecule has 0 aromatic carbocycles. The third-order valence-electron chi connectivity index (χ3n) is 2.90. The molecule has 1 fully saturated rings. The minimum atomic E-state index is -1.28. The lowest BCUT2D eigenvalue weighted by Crippen LogP contribution is -2.52. The zero-order valence-electron chi connectivity index (χ0n) is 9.44. The summed E-state index contributed by atoms with van der Waals surface area (Å²) >= 11 is 0. The van der Waals surface area contributed by atoms with Crippen molar-refractivity contribution in [2.45, 2.75) is 43.7 Å². The van der Waals surface area contributed by atoms with Crippen molar-refractivity contribution in [2.24, 2.45) is 11.5 Å². The Kier molecular flexibility index (Phi) is 4.06. The summed E-state index contributed by atoms with van der Waals surface area (Å²) in [5.74, 6) is -2.51. The van der Waals surface area contributed by atoms with Gasteiger partial charge in [-0.3, -0.25) is 9.59 Å². The number of carbonyl (C=O) groups is 3. The maximum Gasteiger partial charge on any atom is 0.326 e. The number of nitrogens with two attached hydrogens (primary N) is 2. The highest BCUT2D eigenvalue weighted by atomic mass is 16.4. The lowest BCUT2D eigenvalue weighted by Gasteiger charge is -2.37. The van der Waals surface area contributed by atoms with Gasteiger partial charge in [0.15, 0.2) is 0 Å². The molecule has 0 aromatic rings. The fourth-order valence-electron chi connectivity index (χ4n) is 1.77. The number of hydrogen-bond donors (Lipinski definition) is 4. The number of carboxylic acids is 1. The Morgan fingerprint density at radius 3 is 2.29 bits per heavy atom. The molecule has 2 amide bonds. The fraction of sp³-hybridized carbons (Fsp3) is 0.700. The molecular weight excluding hydrogens is 226 g/mol. The van der Waals surface area contributed by atoms with Crippen LogP contribution in [0.1, 0.15) is 32.1 Å². The number of hydrogen-bond acceptors (Lipinski definition) is 4. The SMILES string of the molecule is NC(=O)C[C@@H](NC(=O)CC1(N)CCC1)C(=O)O. The summed E-state index contributed by atoms with van der Waals surface area (Å²) in [6, 6.07) is -1.27. The van der Waals surface area contributed by atoms with Crippen molar-refractivity contribution in [1.82, 2.24) is 5.32 Å². The van der Waals surface area contributed by atoms with Gasteiger partial charge in [-0.1, -0.05) is 0 Å². The number of amides is 2. The van der Waals surface area contributed by atoms with Gasteiger partial charge in [-0.05, 0) is 19.3 Å². The van der Waals surface area contributed by atoms with Crippen LogP contribution < -0.4 is 16.8 Å². The molecule has 0 aliphatic heterocycles. The average Bonchev–Trinajstić information content (AvgIpc) is 2.13. The van der Waals surface area contributed by atoms with Crippen LogP contribution in [0.5, 0.6) is 0 Å². The van der Waals surface area contributed by atoms with E-state index in [2.05, 4.69) is 5.32 Å². The summed E-state index contributed by atoms with van der Waals surface area (Å²) in [5.41, 5.74) is 10.2. The van der Waals surface area contributed by atoms with Crippen LogP contribution in [0.3, 0.4) is 0 Å². The Balaban J connectivity index is 2.46. The number of aliphatic carboxylic acids is 1. The molecule has 17 heavy (non-hydrogen) atoms. The first-order valence-electron chi connectivity index (χ1n) is 5.42. The van der Waals surface area contributed by atoms with Crippen LogP contribution in [-0.4, -0.2) is 34.5 Å². The van der Waals surface area contributed by atoms with Gasteiger partial charge in [-0.2, -0.15) is 0 Å². The van der Waals surface area contributed by atoms with Crippen LogP contribution >= 0.6 is 0 Å². The van der Waals surface area contributed by atoms with Gasteiger partial charge in [0.25, 0.3) is 0 Å². The number of nitrogens with one attached hydrogen (secondary N) is 1. The second-order valence-corrected chi connectivity index (χ2v) is 4.52. The van der Waals surface area contributed by atoms with Crippen LogP contribution in [0.2, 0.25) is 0 Å². The number of carbonyl (C=O) groups excluding carboxylic acids is 2. The highest BCUT2D eigenvalue weighted by Crippen LogP contribution is 2.31. The van der Waals surface area contributed by atoms with Crippen molar-refractivity contribution in [3.63, 3.8) is 0 Å². The molecule has 0 bridgehead atoms. The van der Waals surface area contributed by atoms with Gasteiger partial charge in [0.1, 0.15) is 6.04 Å². The lowest BCUT2D eigenvalue weighted by molar-refractivity contribution is -0.143. The number of primary amides is 1. The largest absolute Gasteiger partial charge is 0.480 e. The topological polar surface area (TPSA) is 136 Å². The molecule has 1 saturated carbocycles. The molecule has 96 valence electrons. The quantitative estimate of drug-likeness (QED) is 0.460. The monoisotopic (exact) mass is 243 g/mol. The van der Waals surface area contributed by atoms with Gasteiger partial charge < -0.3 is 21.9 Å². The van der Waals surface area contributed by atoms with E-state index < -0.39 is 35.8 Å². The summed E-state index contributed by atoms with van der Waals surface area (Å²) < 4.78 is 0. The second-order valence-electron chi connectivity index (χ2n) is 4.52. The van der Waals surface area contributed by atoms with Crippen molar-refractivity contribution in [1.29, 1.82) is 0 Å². The highest BCUT2D eigenvalue weighted by molar-refractivity contribution is 5.88. The molecule has 1 rings (SSSR count). The summed E-state index contributed by atoms with van der Waals surface area (Å²) in [4.78, 5) is 32.9. The Morgan fingerprint density at radius 2 is 1.94 bits per heavy atom. The third-order valence-corrected chi connectivity index (χ3v) is 2.90. The number of carboxylic acid groups (broad SMARTS) is 1. The van der Waals surface area contributed by atoms with Gasteiger partial charge in [-0.15, -0.1) is 0 Å². The van der Waals surface area contributed by atoms with E-state index in [0.717, 1.165) is 19.3 Å². The fourth-order valence-corrected chi connectivity index (χ4v) is 1.77. The van der Waals surface area contributed by atoms with Crippen molar-refractivity contribution < 1.29 is 19.5 Å². The van der Waals surface area contributed by atoms with Gasteiger partial charge >= 0.3 is 5.97 Å². The van der Waals surface area contributed by atoms with Gasteiger partial charge in [0.05, 0.1) is 6.42 Å². The first-order valence-corrected chi connectivity index (χ1v) is 5.42. The minimum Gasteiger partial charge on any atom is -0.480 e. The zero-order chi connectivity index (χ0) is 13.1. The summed E-state index contributed by atoms with van der Waals surface area (Å²) in [6.45, 7) is 0. The molecule has 1 aliphatic carbocycles. The van der Waals surface area contributed by atoms with Crippen molar-refractivity contribution >= 4 is 17.8 Å². The molecule has 0 radical (unpaired) electrons. The van der Waals surface area contributed by atoms with E-state index in [1.54, 1.807) is 0 Å². The zero-order valence-corrected chi connectivity index (χ0v) is 9.44. The van der Waals surface area contributed by atoms with Crippen LogP contribution in [0.25, 0.3) is 0 Å². The van der Waals surface area contributed by atoms with E-state index in [-0.39, 0.29) is 6.42 Å². The Bertz CT molecular complexity index is 338. The maximum absolute atomic E-state index is 11.5. The minimum absolute atomic E-state index is 0.0789. The Labute approximate surface area is 98.5 Å². The van der Waals surface area contributed by atoms with Crippen molar-refractivity contribution in [2.75, 3.05) is 0 Å². The molecule has 7 heteroatoms. The molecule has 0 spiro atoms. The Morgan fingerprint density at radius 1 is 1.35 bits per heavy atom. The Hall–Kier alpha value is -1.63. The maximum atomic E-state index is 11.5. The standard InChI is InChI=1S/C10H17N3O4/c11-7(14)4-6(9(16)17)13-8(15)5-10(12)2-1-3-10/h6H,1-5,12H2,(H2,11,14)(H,13,15)(H,16,17)/t6-/m1/s1. The molecule has 0 aromatic heterocycles. The molecule has 0 heterocycles. The molecular formula is C10H17N3O4. The van der Waals surface area contributed by atoms with E-state index in [1.165, 1.54) is 0 Å². The van der Waals surface area contributed by atoms with E-state index in [9.17, 15) is 14.4 Å². The predicted molar refractivity (Wildman–Crippen MR) is 58.8 cm³/mol. The van der Waals surface area contributed by atoms with Crippen LogP contribution in [-0.2, 0) is 14.4 Å². The molecule has 7 nitrogen and oxygen atoms in total. The summed E-state index contributed by atoms with van der Waals surface area (Å²) in [6.07, 6.45) is 2.16. The highest BCUT2D eigenvalue weighted by Gasteiger charge is 2.35. The summed E-state index contributed by atoms with van der Waals surface area (Å²) in [7, 11) is 0. The van der Waals surface area contributed by atoms with E-state index in [0.29, 0.717) is 0 Å². The second kappa shape index (κ2) is 5.13.